The zero-order valence-corrected chi connectivity index (χ0v) is 14.9. The molecule has 0 atom stereocenters. The van der Waals surface area contributed by atoms with Crippen LogP contribution in [0.15, 0.2) is 67.0 Å². The number of nitrogens with one attached hydrogen (secondary N) is 1. The molecule has 26 heavy (non-hydrogen) atoms. The van der Waals surface area contributed by atoms with Crippen LogP contribution in [0.5, 0.6) is 0 Å². The van der Waals surface area contributed by atoms with E-state index >= 15 is 0 Å². The van der Waals surface area contributed by atoms with Crippen molar-refractivity contribution >= 4 is 21.4 Å². The molecule has 1 N–H and O–H groups in total. The van der Waals surface area contributed by atoms with E-state index in [-0.39, 0.29) is 11.7 Å². The molecule has 3 rings (SSSR count). The van der Waals surface area contributed by atoms with E-state index in [1.807, 2.05) is 30.3 Å². The first-order valence-electron chi connectivity index (χ1n) is 7.86. The van der Waals surface area contributed by atoms with Crippen LogP contribution in [0.2, 0.25) is 0 Å². The number of aromatic nitrogens is 2. The van der Waals surface area contributed by atoms with Gasteiger partial charge in [0.1, 0.15) is 0 Å². The van der Waals surface area contributed by atoms with Gasteiger partial charge in [-0.2, -0.15) is 0 Å². The SMILES string of the molecule is CS(=O)(=O)Cc1ccc(C(=O)Nc2cnc(-c3ccccc3)nc2)cc1. The molecular formula is C19H17N3O3S. The van der Waals surface area contributed by atoms with Crippen molar-refractivity contribution in [1.82, 2.24) is 9.97 Å². The highest BCUT2D eigenvalue weighted by molar-refractivity contribution is 7.89. The molecule has 0 aliphatic heterocycles. The van der Waals surface area contributed by atoms with Crippen LogP contribution in [-0.4, -0.2) is 30.5 Å². The Morgan fingerprint density at radius 2 is 1.58 bits per heavy atom. The van der Waals surface area contributed by atoms with Gasteiger partial charge in [0.15, 0.2) is 15.7 Å². The fraction of sp³-hybridized carbons (Fsp3) is 0.105. The van der Waals surface area contributed by atoms with Crippen molar-refractivity contribution in [2.24, 2.45) is 0 Å². The number of carbonyl (C=O) groups excluding carboxylic acids is 1. The molecule has 6 nitrogen and oxygen atoms in total. The molecule has 0 spiro atoms. The lowest BCUT2D eigenvalue weighted by atomic mass is 10.1. The fourth-order valence-electron chi connectivity index (χ4n) is 2.39. The van der Waals surface area contributed by atoms with Gasteiger partial charge >= 0.3 is 0 Å². The molecule has 0 saturated carbocycles. The zero-order chi connectivity index (χ0) is 18.6. The van der Waals surface area contributed by atoms with Gasteiger partial charge in [-0.05, 0) is 17.7 Å². The molecule has 0 radical (unpaired) electrons. The number of hydrogen-bond donors (Lipinski definition) is 1. The number of amides is 1. The summed E-state index contributed by atoms with van der Waals surface area (Å²) in [7, 11) is -3.10. The maximum Gasteiger partial charge on any atom is 0.255 e. The van der Waals surface area contributed by atoms with Gasteiger partial charge in [-0.1, -0.05) is 42.5 Å². The largest absolute Gasteiger partial charge is 0.319 e. The Morgan fingerprint density at radius 3 is 2.15 bits per heavy atom. The highest BCUT2D eigenvalue weighted by Gasteiger charge is 2.09. The van der Waals surface area contributed by atoms with Gasteiger partial charge in [0.2, 0.25) is 0 Å². The minimum atomic E-state index is -3.10. The van der Waals surface area contributed by atoms with Gasteiger partial charge in [-0.3, -0.25) is 4.79 Å². The van der Waals surface area contributed by atoms with Crippen molar-refractivity contribution in [3.8, 4) is 11.4 Å². The number of hydrogen-bond acceptors (Lipinski definition) is 5. The normalized spacial score (nSPS) is 11.1. The van der Waals surface area contributed by atoms with Gasteiger partial charge in [0, 0.05) is 17.4 Å². The topological polar surface area (TPSA) is 89.0 Å². The second kappa shape index (κ2) is 7.45. The molecule has 2 aromatic carbocycles. The first kappa shape index (κ1) is 17.8. The molecule has 132 valence electrons. The highest BCUT2D eigenvalue weighted by Crippen LogP contribution is 2.15. The van der Waals surface area contributed by atoms with Crippen LogP contribution < -0.4 is 5.32 Å². The van der Waals surface area contributed by atoms with Crippen molar-refractivity contribution in [3.63, 3.8) is 0 Å². The second-order valence-electron chi connectivity index (χ2n) is 5.88. The van der Waals surface area contributed by atoms with Crippen LogP contribution in [0, 0.1) is 0 Å². The third-order valence-electron chi connectivity index (χ3n) is 3.59. The Kier molecular flexibility index (Phi) is 5.09. The van der Waals surface area contributed by atoms with Gasteiger partial charge in [-0.25, -0.2) is 18.4 Å². The van der Waals surface area contributed by atoms with Gasteiger partial charge in [-0.15, -0.1) is 0 Å². The maximum atomic E-state index is 12.3. The van der Waals surface area contributed by atoms with Crippen LogP contribution in [0.1, 0.15) is 15.9 Å². The number of nitrogens with zero attached hydrogens (tertiary/aromatic N) is 2. The minimum absolute atomic E-state index is 0.0519. The van der Waals surface area contributed by atoms with Crippen LogP contribution >= 0.6 is 0 Å². The third-order valence-corrected chi connectivity index (χ3v) is 4.44. The van der Waals surface area contributed by atoms with E-state index in [0.29, 0.717) is 22.6 Å². The molecular weight excluding hydrogens is 350 g/mol. The smallest absolute Gasteiger partial charge is 0.255 e. The molecule has 0 unspecified atom stereocenters. The van der Waals surface area contributed by atoms with Crippen LogP contribution in [-0.2, 0) is 15.6 Å². The molecule has 7 heteroatoms. The number of carbonyl (C=O) groups is 1. The summed E-state index contributed by atoms with van der Waals surface area (Å²) in [4.78, 5) is 20.8. The summed E-state index contributed by atoms with van der Waals surface area (Å²) in [6.07, 6.45) is 4.27. The summed E-state index contributed by atoms with van der Waals surface area (Å²) >= 11 is 0. The molecule has 0 fully saturated rings. The van der Waals surface area contributed by atoms with Gasteiger partial charge < -0.3 is 5.32 Å². The Morgan fingerprint density at radius 1 is 0.962 bits per heavy atom. The quantitative estimate of drug-likeness (QED) is 0.749. The van der Waals surface area contributed by atoms with E-state index in [1.165, 1.54) is 6.26 Å². The molecule has 1 aromatic heterocycles. The predicted molar refractivity (Wildman–Crippen MR) is 100 cm³/mol. The Labute approximate surface area is 151 Å². The van der Waals surface area contributed by atoms with Gasteiger partial charge in [0.05, 0.1) is 23.8 Å². The zero-order valence-electron chi connectivity index (χ0n) is 14.1. The first-order chi connectivity index (χ1) is 12.4. The summed E-state index contributed by atoms with van der Waals surface area (Å²) in [5.41, 5.74) is 2.44. The molecule has 0 aliphatic rings. The van der Waals surface area contributed by atoms with Crippen LogP contribution in [0.3, 0.4) is 0 Å². The number of rotatable bonds is 5. The van der Waals surface area contributed by atoms with E-state index < -0.39 is 9.84 Å². The van der Waals surface area contributed by atoms with Gasteiger partial charge in [0.25, 0.3) is 5.91 Å². The van der Waals surface area contributed by atoms with E-state index in [4.69, 9.17) is 0 Å². The molecule has 0 bridgehead atoms. The fourth-order valence-corrected chi connectivity index (χ4v) is 3.19. The Hall–Kier alpha value is -3.06. The molecule has 0 saturated heterocycles. The highest BCUT2D eigenvalue weighted by atomic mass is 32.2. The summed E-state index contributed by atoms with van der Waals surface area (Å²) in [6.45, 7) is 0. The lowest BCUT2D eigenvalue weighted by Gasteiger charge is -2.06. The number of sulfone groups is 1. The number of anilines is 1. The second-order valence-corrected chi connectivity index (χ2v) is 8.02. The Balaban J connectivity index is 1.68. The number of benzene rings is 2. The predicted octanol–water partition coefficient (Wildman–Crippen LogP) is 2.94. The standard InChI is InChI=1S/C19H17N3O3S/c1-26(24,25)13-14-7-9-16(10-8-14)19(23)22-17-11-20-18(21-12-17)15-5-3-2-4-6-15/h2-12H,13H2,1H3,(H,22,23). The summed E-state index contributed by atoms with van der Waals surface area (Å²) < 4.78 is 22.6. The summed E-state index contributed by atoms with van der Waals surface area (Å²) in [5.74, 6) is 0.213. The van der Waals surface area contributed by atoms with Crippen molar-refractivity contribution in [1.29, 1.82) is 0 Å². The molecule has 1 amide bonds. The maximum absolute atomic E-state index is 12.3. The lowest BCUT2D eigenvalue weighted by molar-refractivity contribution is 0.102. The Bertz CT molecular complexity index is 1000. The average molecular weight is 367 g/mol. The summed E-state index contributed by atoms with van der Waals surface area (Å²) in [6, 6.07) is 16.0. The molecule has 3 aromatic rings. The summed E-state index contributed by atoms with van der Waals surface area (Å²) in [5, 5.41) is 2.72. The van der Waals surface area contributed by atoms with E-state index in [2.05, 4.69) is 15.3 Å². The van der Waals surface area contributed by atoms with E-state index in [9.17, 15) is 13.2 Å². The van der Waals surface area contributed by atoms with Crippen molar-refractivity contribution in [2.45, 2.75) is 5.75 Å². The van der Waals surface area contributed by atoms with E-state index in [1.54, 1.807) is 36.7 Å². The first-order valence-corrected chi connectivity index (χ1v) is 9.92. The third kappa shape index (κ3) is 4.73. The van der Waals surface area contributed by atoms with Crippen LogP contribution in [0.4, 0.5) is 5.69 Å². The van der Waals surface area contributed by atoms with Crippen LogP contribution in [0.25, 0.3) is 11.4 Å². The average Bonchev–Trinajstić information content (AvgIpc) is 2.62. The van der Waals surface area contributed by atoms with Crippen molar-refractivity contribution < 1.29 is 13.2 Å². The monoisotopic (exact) mass is 367 g/mol. The molecule has 1 heterocycles. The van der Waals surface area contributed by atoms with Crippen molar-refractivity contribution in [2.75, 3.05) is 11.6 Å². The van der Waals surface area contributed by atoms with E-state index in [0.717, 1.165) is 5.56 Å². The van der Waals surface area contributed by atoms with Crippen molar-refractivity contribution in [3.05, 3.63) is 78.1 Å². The minimum Gasteiger partial charge on any atom is -0.319 e. The lowest BCUT2D eigenvalue weighted by Crippen LogP contribution is -2.12. The molecule has 0 aliphatic carbocycles.